The van der Waals surface area contributed by atoms with E-state index in [9.17, 15) is 4.39 Å². The lowest BCUT2D eigenvalue weighted by molar-refractivity contribution is 0.626. The molecule has 1 aromatic rings. The zero-order valence-electron chi connectivity index (χ0n) is 10.6. The summed E-state index contributed by atoms with van der Waals surface area (Å²) in [7, 11) is 0. The van der Waals surface area contributed by atoms with E-state index in [-0.39, 0.29) is 5.82 Å². The number of halogens is 1. The average molecular weight is 233 g/mol. The second kappa shape index (κ2) is 5.46. The van der Waals surface area contributed by atoms with Crippen molar-refractivity contribution in [3.05, 3.63) is 40.7 Å². The highest BCUT2D eigenvalue weighted by Crippen LogP contribution is 2.20. The highest BCUT2D eigenvalue weighted by Gasteiger charge is 2.20. The maximum absolute atomic E-state index is 13.0. The predicted molar refractivity (Wildman–Crippen MR) is 70.4 cm³/mol. The molecule has 1 saturated carbocycles. The molecule has 0 amide bonds. The zero-order chi connectivity index (χ0) is 12.3. The Morgan fingerprint density at radius 2 is 2.24 bits per heavy atom. The van der Waals surface area contributed by atoms with Gasteiger partial charge in [-0.15, -0.1) is 0 Å². The third-order valence-electron chi connectivity index (χ3n) is 3.24. The second-order valence-electron chi connectivity index (χ2n) is 4.81. The molecule has 0 heterocycles. The van der Waals surface area contributed by atoms with Crippen LogP contribution in [-0.4, -0.2) is 12.6 Å². The number of aryl methyl sites for hydroxylation is 1. The van der Waals surface area contributed by atoms with Crippen molar-refractivity contribution in [2.24, 2.45) is 0 Å². The summed E-state index contributed by atoms with van der Waals surface area (Å²) in [5.74, 6) is -0.159. The van der Waals surface area contributed by atoms with Crippen LogP contribution in [0.5, 0.6) is 0 Å². The van der Waals surface area contributed by atoms with Crippen LogP contribution in [-0.2, 0) is 0 Å². The molecule has 1 aromatic carbocycles. The summed E-state index contributed by atoms with van der Waals surface area (Å²) in [6, 6.07) is 5.71. The number of hydrogen-bond donors (Lipinski definition) is 1. The summed E-state index contributed by atoms with van der Waals surface area (Å²) in [5, 5.41) is 3.52. The lowest BCUT2D eigenvalue weighted by atomic mass is 10.0. The van der Waals surface area contributed by atoms with Gasteiger partial charge < -0.3 is 5.32 Å². The van der Waals surface area contributed by atoms with Crippen molar-refractivity contribution in [2.45, 2.75) is 39.2 Å². The van der Waals surface area contributed by atoms with Gasteiger partial charge in [0, 0.05) is 12.6 Å². The molecule has 1 fully saturated rings. The van der Waals surface area contributed by atoms with Crippen LogP contribution in [0.3, 0.4) is 0 Å². The summed E-state index contributed by atoms with van der Waals surface area (Å²) >= 11 is 0. The summed E-state index contributed by atoms with van der Waals surface area (Å²) in [4.78, 5) is 0. The Labute approximate surface area is 103 Å². The van der Waals surface area contributed by atoms with E-state index in [0.717, 1.165) is 30.1 Å². The fraction of sp³-hybridized carbons (Fsp3) is 0.467. The lowest BCUT2D eigenvalue weighted by Gasteiger charge is -2.08. The van der Waals surface area contributed by atoms with Crippen LogP contribution in [0, 0.1) is 12.7 Å². The first-order chi connectivity index (χ1) is 8.19. The van der Waals surface area contributed by atoms with Crippen molar-refractivity contribution in [1.29, 1.82) is 0 Å². The Balaban J connectivity index is 2.07. The fourth-order valence-corrected chi connectivity index (χ4v) is 1.86. The molecule has 0 aromatic heterocycles. The molecular formula is C15H20FN. The van der Waals surface area contributed by atoms with Crippen LogP contribution < -0.4 is 5.32 Å². The Hall–Kier alpha value is -1.15. The molecule has 0 unspecified atom stereocenters. The first-order valence-electron chi connectivity index (χ1n) is 6.38. The van der Waals surface area contributed by atoms with Crippen molar-refractivity contribution in [2.75, 3.05) is 6.54 Å². The number of rotatable bonds is 5. The van der Waals surface area contributed by atoms with Gasteiger partial charge in [0.2, 0.25) is 0 Å². The molecule has 1 aliphatic carbocycles. The molecular weight excluding hydrogens is 213 g/mol. The van der Waals surface area contributed by atoms with E-state index in [1.54, 1.807) is 6.07 Å². The lowest BCUT2D eigenvalue weighted by Crippen LogP contribution is -2.18. The van der Waals surface area contributed by atoms with Gasteiger partial charge in [0.25, 0.3) is 0 Å². The van der Waals surface area contributed by atoms with E-state index in [2.05, 4.69) is 18.3 Å². The van der Waals surface area contributed by atoms with Crippen molar-refractivity contribution in [3.8, 4) is 0 Å². The Morgan fingerprint density at radius 1 is 1.47 bits per heavy atom. The SMILES string of the molecule is CCC(=Cc1ccc(F)cc1C)CNC1CC1. The first-order valence-corrected chi connectivity index (χ1v) is 6.38. The fourth-order valence-electron chi connectivity index (χ4n) is 1.86. The third-order valence-corrected chi connectivity index (χ3v) is 3.24. The van der Waals surface area contributed by atoms with Crippen LogP contribution in [0.1, 0.15) is 37.3 Å². The topological polar surface area (TPSA) is 12.0 Å². The van der Waals surface area contributed by atoms with Crippen LogP contribution in [0.25, 0.3) is 6.08 Å². The van der Waals surface area contributed by atoms with Crippen molar-refractivity contribution in [3.63, 3.8) is 0 Å². The molecule has 0 aliphatic heterocycles. The summed E-state index contributed by atoms with van der Waals surface area (Å²) in [5.41, 5.74) is 3.51. The molecule has 0 saturated heterocycles. The van der Waals surface area contributed by atoms with Gasteiger partial charge in [-0.05, 0) is 49.4 Å². The maximum atomic E-state index is 13.0. The standard InChI is InChI=1S/C15H20FN/c1-3-12(10-17-15-6-7-15)9-13-4-5-14(16)8-11(13)2/h4-5,8-9,15,17H,3,6-7,10H2,1-2H3. The number of benzene rings is 1. The van der Waals surface area contributed by atoms with Gasteiger partial charge >= 0.3 is 0 Å². The van der Waals surface area contributed by atoms with E-state index in [0.29, 0.717) is 0 Å². The minimum absolute atomic E-state index is 0.159. The van der Waals surface area contributed by atoms with E-state index in [1.165, 1.54) is 24.5 Å². The van der Waals surface area contributed by atoms with E-state index in [1.807, 2.05) is 13.0 Å². The smallest absolute Gasteiger partial charge is 0.123 e. The van der Waals surface area contributed by atoms with E-state index in [4.69, 9.17) is 0 Å². The van der Waals surface area contributed by atoms with Gasteiger partial charge in [-0.1, -0.05) is 24.6 Å². The van der Waals surface area contributed by atoms with Gasteiger partial charge in [-0.25, -0.2) is 4.39 Å². The molecule has 92 valence electrons. The van der Waals surface area contributed by atoms with Gasteiger partial charge in [0.15, 0.2) is 0 Å². The Bertz CT molecular complexity index is 419. The highest BCUT2D eigenvalue weighted by atomic mass is 19.1. The van der Waals surface area contributed by atoms with Gasteiger partial charge in [-0.2, -0.15) is 0 Å². The first kappa shape index (κ1) is 12.3. The highest BCUT2D eigenvalue weighted by molar-refractivity contribution is 5.56. The number of hydrogen-bond acceptors (Lipinski definition) is 1. The molecule has 0 spiro atoms. The number of nitrogens with one attached hydrogen (secondary N) is 1. The zero-order valence-corrected chi connectivity index (χ0v) is 10.6. The second-order valence-corrected chi connectivity index (χ2v) is 4.81. The van der Waals surface area contributed by atoms with Gasteiger partial charge in [0.05, 0.1) is 0 Å². The van der Waals surface area contributed by atoms with Gasteiger partial charge in [0.1, 0.15) is 5.82 Å². The minimum Gasteiger partial charge on any atom is -0.310 e. The largest absolute Gasteiger partial charge is 0.310 e. The molecule has 0 atom stereocenters. The molecule has 1 aliphatic rings. The van der Waals surface area contributed by atoms with E-state index >= 15 is 0 Å². The summed E-state index contributed by atoms with van der Waals surface area (Å²) < 4.78 is 13.0. The van der Waals surface area contributed by atoms with Crippen LogP contribution in [0.2, 0.25) is 0 Å². The van der Waals surface area contributed by atoms with Crippen LogP contribution in [0.4, 0.5) is 4.39 Å². The third kappa shape index (κ3) is 3.67. The van der Waals surface area contributed by atoms with Crippen LogP contribution in [0.15, 0.2) is 23.8 Å². The minimum atomic E-state index is -0.159. The molecule has 0 radical (unpaired) electrons. The predicted octanol–water partition coefficient (Wildman–Crippen LogP) is 3.68. The molecule has 1 nitrogen and oxygen atoms in total. The van der Waals surface area contributed by atoms with Crippen LogP contribution >= 0.6 is 0 Å². The molecule has 1 N–H and O–H groups in total. The quantitative estimate of drug-likeness (QED) is 0.818. The Morgan fingerprint density at radius 3 is 2.82 bits per heavy atom. The molecule has 0 bridgehead atoms. The molecule has 2 rings (SSSR count). The van der Waals surface area contributed by atoms with Crippen molar-refractivity contribution < 1.29 is 4.39 Å². The molecule has 2 heteroatoms. The Kier molecular flexibility index (Phi) is 3.95. The summed E-state index contributed by atoms with van der Waals surface area (Å²) in [6.07, 6.45) is 5.85. The van der Waals surface area contributed by atoms with Crippen molar-refractivity contribution in [1.82, 2.24) is 5.32 Å². The normalized spacial score (nSPS) is 16.3. The monoisotopic (exact) mass is 233 g/mol. The molecule has 17 heavy (non-hydrogen) atoms. The average Bonchev–Trinajstić information content (AvgIpc) is 3.11. The van der Waals surface area contributed by atoms with Crippen molar-refractivity contribution >= 4 is 6.08 Å². The maximum Gasteiger partial charge on any atom is 0.123 e. The van der Waals surface area contributed by atoms with Gasteiger partial charge in [-0.3, -0.25) is 0 Å². The van der Waals surface area contributed by atoms with E-state index < -0.39 is 0 Å². The summed E-state index contributed by atoms with van der Waals surface area (Å²) in [6.45, 7) is 5.08.